The molecule has 1 fully saturated rings. The number of aliphatic hydroxyl groups excluding tert-OH is 4. The number of hydrogen-bond acceptors (Lipinski definition) is 7. The fourth-order valence-electron chi connectivity index (χ4n) is 1.68. The van der Waals surface area contributed by atoms with E-state index < -0.39 is 37.1 Å². The molecule has 0 amide bonds. The average Bonchev–Trinajstić information content (AvgIpc) is 2.80. The van der Waals surface area contributed by atoms with E-state index in [1.54, 1.807) is 11.6 Å². The first-order valence-electron chi connectivity index (χ1n) is 4.85. The molecule has 1 unspecified atom stereocenters. The molecule has 6 nitrogen and oxygen atoms in total. The molecule has 7 heteroatoms. The Morgan fingerprint density at radius 1 is 1.25 bits per heavy atom. The summed E-state index contributed by atoms with van der Waals surface area (Å²) < 4.78 is 5.31. The van der Waals surface area contributed by atoms with Gasteiger partial charge in [0.2, 0.25) is 0 Å². The van der Waals surface area contributed by atoms with Crippen molar-refractivity contribution in [1.82, 2.24) is 4.98 Å². The second-order valence-electron chi connectivity index (χ2n) is 3.62. The zero-order valence-electron chi connectivity index (χ0n) is 8.30. The van der Waals surface area contributed by atoms with Crippen molar-refractivity contribution in [2.24, 2.45) is 0 Å². The highest BCUT2D eigenvalue weighted by atomic mass is 32.1. The van der Waals surface area contributed by atoms with Crippen molar-refractivity contribution in [1.29, 1.82) is 0 Å². The predicted molar refractivity (Wildman–Crippen MR) is 54.8 cm³/mol. The molecule has 0 spiro atoms. The first-order chi connectivity index (χ1) is 7.65. The minimum absolute atomic E-state index is 0.424. The number of aromatic nitrogens is 1. The van der Waals surface area contributed by atoms with E-state index in [1.165, 1.54) is 11.3 Å². The van der Waals surface area contributed by atoms with E-state index in [0.29, 0.717) is 5.01 Å². The Kier molecular flexibility index (Phi) is 3.53. The minimum atomic E-state index is -1.35. The van der Waals surface area contributed by atoms with E-state index in [9.17, 15) is 15.3 Å². The van der Waals surface area contributed by atoms with Crippen molar-refractivity contribution in [2.45, 2.75) is 30.5 Å². The highest BCUT2D eigenvalue weighted by molar-refractivity contribution is 7.09. The van der Waals surface area contributed by atoms with Gasteiger partial charge in [-0.05, 0) is 0 Å². The van der Waals surface area contributed by atoms with Gasteiger partial charge in [0.25, 0.3) is 0 Å². The van der Waals surface area contributed by atoms with Gasteiger partial charge in [-0.3, -0.25) is 0 Å². The van der Waals surface area contributed by atoms with Crippen LogP contribution in [0.4, 0.5) is 0 Å². The van der Waals surface area contributed by atoms with Crippen molar-refractivity contribution in [3.8, 4) is 0 Å². The number of aliphatic hydroxyl groups is 4. The van der Waals surface area contributed by atoms with Crippen LogP contribution in [0.25, 0.3) is 0 Å². The molecule has 0 bridgehead atoms. The summed E-state index contributed by atoms with van der Waals surface area (Å²) in [5.74, 6) is 0. The quantitative estimate of drug-likeness (QED) is 0.516. The Balaban J connectivity index is 2.20. The molecule has 16 heavy (non-hydrogen) atoms. The number of rotatable bonds is 2. The van der Waals surface area contributed by atoms with Crippen LogP contribution in [-0.2, 0) is 4.74 Å². The Labute approximate surface area is 95.8 Å². The van der Waals surface area contributed by atoms with Gasteiger partial charge in [0.15, 0.2) is 0 Å². The Hall–Kier alpha value is -0.570. The third-order valence-electron chi connectivity index (χ3n) is 2.59. The molecule has 4 N–H and O–H groups in total. The van der Waals surface area contributed by atoms with Gasteiger partial charge >= 0.3 is 0 Å². The van der Waals surface area contributed by atoms with E-state index in [4.69, 9.17) is 9.84 Å². The van der Waals surface area contributed by atoms with Crippen LogP contribution in [0.1, 0.15) is 11.1 Å². The molecule has 0 radical (unpaired) electrons. The summed E-state index contributed by atoms with van der Waals surface area (Å²) in [6.07, 6.45) is -4.05. The zero-order valence-corrected chi connectivity index (χ0v) is 9.12. The van der Waals surface area contributed by atoms with Crippen LogP contribution in [0.5, 0.6) is 0 Å². The molecule has 1 aromatic heterocycles. The Bertz CT molecular complexity index is 331. The van der Waals surface area contributed by atoms with Crippen LogP contribution >= 0.6 is 11.3 Å². The molecule has 0 aliphatic carbocycles. The third-order valence-corrected chi connectivity index (χ3v) is 3.42. The van der Waals surface area contributed by atoms with Gasteiger partial charge in [0.05, 0.1) is 6.61 Å². The van der Waals surface area contributed by atoms with Crippen molar-refractivity contribution in [2.75, 3.05) is 6.61 Å². The van der Waals surface area contributed by atoms with E-state index in [1.807, 2.05) is 0 Å². The summed E-state index contributed by atoms with van der Waals surface area (Å²) in [6.45, 7) is -0.424. The van der Waals surface area contributed by atoms with Gasteiger partial charge in [-0.1, -0.05) is 0 Å². The second-order valence-corrected chi connectivity index (χ2v) is 4.55. The summed E-state index contributed by atoms with van der Waals surface area (Å²) in [5.41, 5.74) is 0. The van der Waals surface area contributed by atoms with Gasteiger partial charge in [0.1, 0.15) is 35.5 Å². The lowest BCUT2D eigenvalue weighted by atomic mass is 9.95. The molecule has 2 heterocycles. The predicted octanol–water partition coefficient (Wildman–Crippen LogP) is -1.34. The van der Waals surface area contributed by atoms with Crippen LogP contribution in [0.2, 0.25) is 0 Å². The number of ether oxygens (including phenoxy) is 1. The van der Waals surface area contributed by atoms with Crippen molar-refractivity contribution < 1.29 is 25.2 Å². The summed E-state index contributed by atoms with van der Waals surface area (Å²) >= 11 is 1.28. The monoisotopic (exact) mass is 247 g/mol. The lowest BCUT2D eigenvalue weighted by Gasteiger charge is -2.39. The number of nitrogens with zero attached hydrogens (tertiary/aromatic N) is 1. The topological polar surface area (TPSA) is 103 Å². The summed E-state index contributed by atoms with van der Waals surface area (Å²) in [6, 6.07) is 0. The lowest BCUT2D eigenvalue weighted by Crippen LogP contribution is -2.55. The smallest absolute Gasteiger partial charge is 0.138 e. The van der Waals surface area contributed by atoms with Crippen molar-refractivity contribution >= 4 is 11.3 Å². The maximum atomic E-state index is 9.74. The summed E-state index contributed by atoms with van der Waals surface area (Å²) in [7, 11) is 0. The van der Waals surface area contributed by atoms with Crippen molar-refractivity contribution in [3.05, 3.63) is 16.6 Å². The maximum Gasteiger partial charge on any atom is 0.138 e. The normalized spacial score (nSPS) is 39.9. The van der Waals surface area contributed by atoms with Gasteiger partial charge < -0.3 is 25.2 Å². The molecule has 90 valence electrons. The average molecular weight is 247 g/mol. The van der Waals surface area contributed by atoms with E-state index >= 15 is 0 Å². The fourth-order valence-corrected chi connectivity index (χ4v) is 2.39. The van der Waals surface area contributed by atoms with Gasteiger partial charge in [-0.15, -0.1) is 11.3 Å². The SMILES string of the molecule is OC[C@H]1OC(c2nccs2)[C@H](O)[C@@H](O)[C@@H]1O. The number of thiazole rings is 1. The first kappa shape index (κ1) is 11.9. The van der Waals surface area contributed by atoms with Crippen LogP contribution < -0.4 is 0 Å². The maximum absolute atomic E-state index is 9.74. The highest BCUT2D eigenvalue weighted by Crippen LogP contribution is 2.32. The van der Waals surface area contributed by atoms with Crippen LogP contribution in [-0.4, -0.2) is 56.4 Å². The van der Waals surface area contributed by atoms with Crippen molar-refractivity contribution in [3.63, 3.8) is 0 Å². The first-order valence-corrected chi connectivity index (χ1v) is 5.73. The lowest BCUT2D eigenvalue weighted by molar-refractivity contribution is -0.231. The van der Waals surface area contributed by atoms with E-state index in [2.05, 4.69) is 4.98 Å². The van der Waals surface area contributed by atoms with Crippen LogP contribution in [0.15, 0.2) is 11.6 Å². The second kappa shape index (κ2) is 4.74. The minimum Gasteiger partial charge on any atom is -0.394 e. The molecule has 1 aliphatic heterocycles. The zero-order chi connectivity index (χ0) is 11.7. The standard InChI is InChI=1S/C9H13NO5S/c11-3-4-5(12)6(13)7(14)8(15-4)9-10-1-2-16-9/h1-2,4-8,11-14H,3H2/t4-,5-,6+,7-,8?/m1/s1. The molecule has 0 saturated carbocycles. The van der Waals surface area contributed by atoms with E-state index in [0.717, 1.165) is 0 Å². The summed E-state index contributed by atoms with van der Waals surface area (Å²) in [5, 5.41) is 40.1. The molecular weight excluding hydrogens is 234 g/mol. The molecule has 1 saturated heterocycles. The fraction of sp³-hybridized carbons (Fsp3) is 0.667. The van der Waals surface area contributed by atoms with Crippen LogP contribution in [0, 0.1) is 0 Å². The third kappa shape index (κ3) is 1.97. The highest BCUT2D eigenvalue weighted by Gasteiger charge is 2.44. The summed E-state index contributed by atoms with van der Waals surface area (Å²) in [4.78, 5) is 3.98. The van der Waals surface area contributed by atoms with Gasteiger partial charge in [-0.25, -0.2) is 4.98 Å². The molecule has 0 aromatic carbocycles. The molecule has 5 atom stereocenters. The largest absolute Gasteiger partial charge is 0.394 e. The molecule has 1 aliphatic rings. The Morgan fingerprint density at radius 2 is 2.00 bits per heavy atom. The number of hydrogen-bond donors (Lipinski definition) is 4. The molecule has 2 rings (SSSR count). The Morgan fingerprint density at radius 3 is 2.56 bits per heavy atom. The molecule has 1 aromatic rings. The van der Waals surface area contributed by atoms with Gasteiger partial charge in [-0.2, -0.15) is 0 Å². The van der Waals surface area contributed by atoms with Crippen LogP contribution in [0.3, 0.4) is 0 Å². The van der Waals surface area contributed by atoms with E-state index in [-0.39, 0.29) is 0 Å². The molecular formula is C9H13NO5S. The van der Waals surface area contributed by atoms with Gasteiger partial charge in [0, 0.05) is 11.6 Å².